The molecule has 0 fully saturated rings. The summed E-state index contributed by atoms with van der Waals surface area (Å²) < 4.78 is 7.88. The summed E-state index contributed by atoms with van der Waals surface area (Å²) in [6.45, 7) is 3.92. The van der Waals surface area contributed by atoms with Crippen LogP contribution in [0.1, 0.15) is 23.0 Å². The summed E-state index contributed by atoms with van der Waals surface area (Å²) in [6.07, 6.45) is 1.62. The van der Waals surface area contributed by atoms with Crippen molar-refractivity contribution in [3.05, 3.63) is 63.7 Å². The first-order chi connectivity index (χ1) is 13.0. The van der Waals surface area contributed by atoms with E-state index in [1.54, 1.807) is 37.4 Å². The quantitative estimate of drug-likeness (QED) is 0.536. The van der Waals surface area contributed by atoms with E-state index in [4.69, 9.17) is 9.93 Å². The first-order valence-corrected chi connectivity index (χ1v) is 8.34. The molecule has 4 aromatic rings. The highest BCUT2D eigenvalue weighted by Gasteiger charge is 2.17. The molecule has 4 rings (SSSR count). The molecule has 0 radical (unpaired) electrons. The molecule has 0 spiro atoms. The zero-order valence-corrected chi connectivity index (χ0v) is 14.7. The standard InChI is InChI=1S/C18H16N6O3/c1-3-23-15(19)11(17(25)20-13-8-10(2)27-22-13)9-12-16(23)21-14-6-4-5-7-24(14)18(12)26/h4-9,19H,3H2,1-2H3,(H,20,22,25). The molecule has 136 valence electrons. The molecule has 0 atom stereocenters. The number of anilines is 1. The second kappa shape index (κ2) is 6.20. The lowest BCUT2D eigenvalue weighted by molar-refractivity contribution is 0.102. The molecule has 0 aliphatic rings. The summed E-state index contributed by atoms with van der Waals surface area (Å²) in [6, 6.07) is 8.21. The van der Waals surface area contributed by atoms with Crippen molar-refractivity contribution in [1.29, 1.82) is 5.41 Å². The van der Waals surface area contributed by atoms with Crippen LogP contribution in [0.15, 0.2) is 45.8 Å². The van der Waals surface area contributed by atoms with Gasteiger partial charge in [-0.25, -0.2) is 4.98 Å². The van der Waals surface area contributed by atoms with Gasteiger partial charge in [-0.1, -0.05) is 11.2 Å². The van der Waals surface area contributed by atoms with Gasteiger partial charge in [-0.2, -0.15) is 0 Å². The van der Waals surface area contributed by atoms with Crippen molar-refractivity contribution < 1.29 is 9.32 Å². The average molecular weight is 364 g/mol. The predicted molar refractivity (Wildman–Crippen MR) is 97.7 cm³/mol. The summed E-state index contributed by atoms with van der Waals surface area (Å²) in [5, 5.41) is 15.0. The number of hydrogen-bond donors (Lipinski definition) is 2. The molecule has 9 heteroatoms. The second-order valence-corrected chi connectivity index (χ2v) is 6.01. The van der Waals surface area contributed by atoms with E-state index in [1.165, 1.54) is 15.0 Å². The second-order valence-electron chi connectivity index (χ2n) is 6.01. The Labute approximate surface area is 152 Å². The zero-order chi connectivity index (χ0) is 19.1. The van der Waals surface area contributed by atoms with Crippen molar-refractivity contribution >= 4 is 28.4 Å². The fourth-order valence-electron chi connectivity index (χ4n) is 2.98. The van der Waals surface area contributed by atoms with Gasteiger partial charge in [0.2, 0.25) is 0 Å². The number of rotatable bonds is 3. The minimum atomic E-state index is -0.546. The Morgan fingerprint density at radius 1 is 1.33 bits per heavy atom. The molecule has 4 aromatic heterocycles. The Morgan fingerprint density at radius 3 is 2.85 bits per heavy atom. The molecule has 0 unspecified atom stereocenters. The highest BCUT2D eigenvalue weighted by molar-refractivity contribution is 6.05. The van der Waals surface area contributed by atoms with E-state index in [-0.39, 0.29) is 27.8 Å². The molecular weight excluding hydrogens is 348 g/mol. The highest BCUT2D eigenvalue weighted by atomic mass is 16.5. The van der Waals surface area contributed by atoms with Gasteiger partial charge in [0.05, 0.1) is 10.9 Å². The van der Waals surface area contributed by atoms with Gasteiger partial charge < -0.3 is 14.4 Å². The lowest BCUT2D eigenvalue weighted by Crippen LogP contribution is -2.31. The number of carbonyl (C=O) groups excluding carboxylic acids is 1. The monoisotopic (exact) mass is 364 g/mol. The summed E-state index contributed by atoms with van der Waals surface area (Å²) >= 11 is 0. The normalized spacial score (nSPS) is 11.2. The number of aromatic nitrogens is 4. The Hall–Kier alpha value is -3.75. The molecule has 0 bridgehead atoms. The number of pyridine rings is 2. The first kappa shape index (κ1) is 16.7. The van der Waals surface area contributed by atoms with Crippen molar-refractivity contribution in [2.75, 3.05) is 5.32 Å². The smallest absolute Gasteiger partial charge is 0.267 e. The van der Waals surface area contributed by atoms with E-state index in [0.717, 1.165) is 0 Å². The van der Waals surface area contributed by atoms with Crippen molar-refractivity contribution in [3.8, 4) is 0 Å². The zero-order valence-electron chi connectivity index (χ0n) is 14.7. The maximum absolute atomic E-state index is 12.9. The Bertz CT molecular complexity index is 1310. The molecule has 4 heterocycles. The van der Waals surface area contributed by atoms with E-state index in [0.29, 0.717) is 23.6 Å². The number of hydrogen-bond acceptors (Lipinski definition) is 6. The number of nitrogens with zero attached hydrogens (tertiary/aromatic N) is 4. The lowest BCUT2D eigenvalue weighted by atomic mass is 10.2. The average Bonchev–Trinajstić information content (AvgIpc) is 3.06. The summed E-state index contributed by atoms with van der Waals surface area (Å²) in [4.78, 5) is 30.1. The topological polar surface area (TPSA) is 118 Å². The molecule has 0 aliphatic carbocycles. The third-order valence-electron chi connectivity index (χ3n) is 4.25. The van der Waals surface area contributed by atoms with Gasteiger partial charge in [-0.05, 0) is 32.0 Å². The molecule has 0 saturated carbocycles. The van der Waals surface area contributed by atoms with Gasteiger partial charge in [0.15, 0.2) is 5.82 Å². The van der Waals surface area contributed by atoms with E-state index in [1.807, 2.05) is 6.92 Å². The van der Waals surface area contributed by atoms with Gasteiger partial charge in [-0.3, -0.25) is 19.4 Å². The lowest BCUT2D eigenvalue weighted by Gasteiger charge is -2.12. The van der Waals surface area contributed by atoms with Crippen LogP contribution in [0.4, 0.5) is 5.82 Å². The molecule has 0 aliphatic heterocycles. The molecule has 0 saturated heterocycles. The molecule has 9 nitrogen and oxygen atoms in total. The van der Waals surface area contributed by atoms with Gasteiger partial charge in [-0.15, -0.1) is 0 Å². The molecule has 27 heavy (non-hydrogen) atoms. The van der Waals surface area contributed by atoms with Crippen LogP contribution < -0.4 is 16.4 Å². The van der Waals surface area contributed by atoms with Gasteiger partial charge in [0, 0.05) is 18.8 Å². The predicted octanol–water partition coefficient (Wildman–Crippen LogP) is 1.70. The summed E-state index contributed by atoms with van der Waals surface area (Å²) in [7, 11) is 0. The maximum Gasteiger partial charge on any atom is 0.267 e. The molecular formula is C18H16N6O3. The number of fused-ring (bicyclic) bond motifs is 2. The maximum atomic E-state index is 12.9. The SMILES string of the molecule is CCn1c(=N)c(C(=O)Nc2cc(C)on2)cc2c(=O)n3ccccc3nc21. The van der Waals surface area contributed by atoms with E-state index in [2.05, 4.69) is 15.5 Å². The molecule has 2 N–H and O–H groups in total. The van der Waals surface area contributed by atoms with E-state index < -0.39 is 5.91 Å². The van der Waals surface area contributed by atoms with Crippen LogP contribution in [0.25, 0.3) is 16.7 Å². The van der Waals surface area contributed by atoms with Crippen molar-refractivity contribution in [2.45, 2.75) is 20.4 Å². The van der Waals surface area contributed by atoms with Crippen LogP contribution in [0, 0.1) is 12.3 Å². The van der Waals surface area contributed by atoms with E-state index >= 15 is 0 Å². The van der Waals surface area contributed by atoms with Crippen LogP contribution in [0.3, 0.4) is 0 Å². The largest absolute Gasteiger partial charge is 0.360 e. The van der Waals surface area contributed by atoms with Crippen LogP contribution >= 0.6 is 0 Å². The van der Waals surface area contributed by atoms with Crippen LogP contribution in [-0.2, 0) is 6.54 Å². The Kier molecular flexibility index (Phi) is 3.84. The van der Waals surface area contributed by atoms with Crippen LogP contribution in [-0.4, -0.2) is 25.0 Å². The molecule has 0 aromatic carbocycles. The summed E-state index contributed by atoms with van der Waals surface area (Å²) in [5.41, 5.74) is 0.568. The van der Waals surface area contributed by atoms with Crippen LogP contribution in [0.2, 0.25) is 0 Å². The first-order valence-electron chi connectivity index (χ1n) is 8.34. The fraction of sp³-hybridized carbons (Fsp3) is 0.167. The molecule has 1 amide bonds. The third kappa shape index (κ3) is 2.69. The van der Waals surface area contributed by atoms with Crippen molar-refractivity contribution in [2.24, 2.45) is 0 Å². The minimum Gasteiger partial charge on any atom is -0.360 e. The fourth-order valence-corrected chi connectivity index (χ4v) is 2.98. The third-order valence-corrected chi connectivity index (χ3v) is 4.25. The van der Waals surface area contributed by atoms with Crippen LogP contribution in [0.5, 0.6) is 0 Å². The highest BCUT2D eigenvalue weighted by Crippen LogP contribution is 2.12. The Morgan fingerprint density at radius 2 is 2.15 bits per heavy atom. The van der Waals surface area contributed by atoms with E-state index in [9.17, 15) is 9.59 Å². The van der Waals surface area contributed by atoms with Crippen molar-refractivity contribution in [1.82, 2.24) is 19.1 Å². The number of carbonyl (C=O) groups is 1. The minimum absolute atomic E-state index is 0.0325. The summed E-state index contributed by atoms with van der Waals surface area (Å²) in [5.74, 6) is 0.246. The number of amides is 1. The van der Waals surface area contributed by atoms with Gasteiger partial charge in [0.1, 0.15) is 22.5 Å². The number of nitrogens with one attached hydrogen (secondary N) is 2. The van der Waals surface area contributed by atoms with Crippen molar-refractivity contribution in [3.63, 3.8) is 0 Å². The van der Waals surface area contributed by atoms with Gasteiger partial charge in [0.25, 0.3) is 11.5 Å². The Balaban J connectivity index is 1.96. The van der Waals surface area contributed by atoms with Gasteiger partial charge >= 0.3 is 0 Å². The number of aryl methyl sites for hydroxylation is 2.